The lowest BCUT2D eigenvalue weighted by atomic mass is 9.95. The van der Waals surface area contributed by atoms with Crippen molar-refractivity contribution < 1.29 is 9.90 Å². The second-order valence-corrected chi connectivity index (χ2v) is 10.7. The smallest absolute Gasteiger partial charge is 0.307 e. The third-order valence-electron chi connectivity index (χ3n) is 6.64. The molecule has 0 radical (unpaired) electrons. The first kappa shape index (κ1) is 25.0. The maximum Gasteiger partial charge on any atom is 0.307 e. The van der Waals surface area contributed by atoms with Gasteiger partial charge in [-0.1, -0.05) is 62.4 Å². The molecule has 1 aliphatic heterocycles. The van der Waals surface area contributed by atoms with E-state index in [1.165, 1.54) is 11.1 Å². The highest BCUT2D eigenvalue weighted by molar-refractivity contribution is 7.17. The zero-order chi connectivity index (χ0) is 24.9. The monoisotopic (exact) mass is 488 g/mol. The molecule has 1 saturated heterocycles. The first-order valence-corrected chi connectivity index (χ1v) is 13.1. The van der Waals surface area contributed by atoms with Crippen molar-refractivity contribution in [3.05, 3.63) is 58.7 Å². The van der Waals surface area contributed by atoms with Crippen molar-refractivity contribution in [2.45, 2.75) is 53.0 Å². The molecule has 7 heteroatoms. The topological polar surface area (TPSA) is 90.1 Å². The minimum absolute atomic E-state index is 0.284. The molecule has 0 bridgehead atoms. The van der Waals surface area contributed by atoms with E-state index in [1.54, 1.807) is 11.3 Å². The van der Waals surface area contributed by atoms with Gasteiger partial charge in [0.15, 0.2) is 0 Å². The van der Waals surface area contributed by atoms with Crippen LogP contribution in [0, 0.1) is 23.2 Å². The van der Waals surface area contributed by atoms with Crippen molar-refractivity contribution in [3.63, 3.8) is 0 Å². The minimum atomic E-state index is -0.697. The van der Waals surface area contributed by atoms with Gasteiger partial charge >= 0.3 is 5.97 Å². The van der Waals surface area contributed by atoms with Crippen molar-refractivity contribution in [2.24, 2.45) is 11.8 Å². The first-order chi connectivity index (χ1) is 16.9. The number of piperidine rings is 1. The van der Waals surface area contributed by atoms with Gasteiger partial charge in [0.25, 0.3) is 0 Å². The average molecular weight is 489 g/mol. The Morgan fingerprint density at radius 3 is 2.74 bits per heavy atom. The van der Waals surface area contributed by atoms with Gasteiger partial charge in [0.2, 0.25) is 0 Å². The van der Waals surface area contributed by atoms with Crippen molar-refractivity contribution in [1.29, 1.82) is 5.26 Å². The summed E-state index contributed by atoms with van der Waals surface area (Å²) in [6.45, 7) is 8.72. The van der Waals surface area contributed by atoms with Crippen LogP contribution in [0.4, 0.5) is 0 Å². The van der Waals surface area contributed by atoms with Crippen LogP contribution in [0.1, 0.15) is 55.9 Å². The van der Waals surface area contributed by atoms with Crippen LogP contribution in [-0.4, -0.2) is 39.3 Å². The van der Waals surface area contributed by atoms with Crippen LogP contribution in [0.2, 0.25) is 0 Å². The van der Waals surface area contributed by atoms with Crippen LogP contribution < -0.4 is 0 Å². The molecule has 1 N–H and O–H groups in total. The lowest BCUT2D eigenvalue weighted by Crippen LogP contribution is -2.38. The Bertz CT molecular complexity index is 1240. The third-order valence-corrected chi connectivity index (χ3v) is 7.64. The molecule has 35 heavy (non-hydrogen) atoms. The van der Waals surface area contributed by atoms with E-state index in [-0.39, 0.29) is 5.92 Å². The number of likely N-dealkylation sites (tertiary alicyclic amines) is 1. The second-order valence-electron chi connectivity index (χ2n) is 9.70. The molecule has 182 valence electrons. The fourth-order valence-electron chi connectivity index (χ4n) is 4.92. The normalized spacial score (nSPS) is 16.4. The van der Waals surface area contributed by atoms with Gasteiger partial charge in [0.1, 0.15) is 10.0 Å². The van der Waals surface area contributed by atoms with Crippen molar-refractivity contribution in [1.82, 2.24) is 15.1 Å². The molecule has 1 aliphatic rings. The molecule has 0 saturated carbocycles. The highest BCUT2D eigenvalue weighted by Crippen LogP contribution is 2.34. The Morgan fingerprint density at radius 1 is 1.23 bits per heavy atom. The fourth-order valence-corrected chi connectivity index (χ4v) is 5.81. The summed E-state index contributed by atoms with van der Waals surface area (Å²) in [5.41, 5.74) is 6.22. The molecule has 0 spiro atoms. The fraction of sp³-hybridized carbons (Fsp3) is 0.429. The third kappa shape index (κ3) is 5.77. The molecule has 1 aromatic heterocycles. The number of hydrogen-bond acceptors (Lipinski definition) is 6. The molecule has 4 rings (SSSR count). The summed E-state index contributed by atoms with van der Waals surface area (Å²) in [4.78, 5) is 13.7. The summed E-state index contributed by atoms with van der Waals surface area (Å²) < 4.78 is 0. The number of rotatable bonds is 8. The number of carboxylic acid groups (broad SMARTS) is 1. The van der Waals surface area contributed by atoms with Gasteiger partial charge < -0.3 is 5.11 Å². The van der Waals surface area contributed by atoms with E-state index in [1.807, 2.05) is 18.2 Å². The molecule has 0 aliphatic carbocycles. The number of carbonyl (C=O) groups is 1. The molecule has 1 fully saturated rings. The molecule has 0 unspecified atom stereocenters. The summed E-state index contributed by atoms with van der Waals surface area (Å²) in [5.74, 6) is -0.494. The summed E-state index contributed by atoms with van der Waals surface area (Å²) in [7, 11) is 0. The maximum atomic E-state index is 11.5. The molecule has 2 aromatic carbocycles. The van der Waals surface area contributed by atoms with Crippen molar-refractivity contribution >= 4 is 17.3 Å². The highest BCUT2D eigenvalue weighted by Gasteiger charge is 2.26. The number of carboxylic acids is 1. The van der Waals surface area contributed by atoms with Crippen molar-refractivity contribution in [3.8, 4) is 27.2 Å². The van der Waals surface area contributed by atoms with Crippen LogP contribution in [0.3, 0.4) is 0 Å². The summed E-state index contributed by atoms with van der Waals surface area (Å²) in [6.07, 6.45) is 3.41. The summed E-state index contributed by atoms with van der Waals surface area (Å²) in [5, 5.41) is 29.7. The summed E-state index contributed by atoms with van der Waals surface area (Å²) in [6, 6.07) is 14.6. The molecule has 3 aromatic rings. The van der Waals surface area contributed by atoms with Gasteiger partial charge in [0.05, 0.1) is 17.6 Å². The first-order valence-electron chi connectivity index (χ1n) is 12.3. The van der Waals surface area contributed by atoms with Crippen LogP contribution in [0.15, 0.2) is 36.4 Å². The average Bonchev–Trinajstić information content (AvgIpc) is 3.34. The molecular formula is C28H32N4O2S. The van der Waals surface area contributed by atoms with Gasteiger partial charge in [-0.2, -0.15) is 5.26 Å². The molecule has 2 heterocycles. The zero-order valence-corrected chi connectivity index (χ0v) is 21.4. The molecule has 1 atom stereocenters. The van der Waals surface area contributed by atoms with E-state index in [4.69, 9.17) is 0 Å². The van der Waals surface area contributed by atoms with E-state index in [2.05, 4.69) is 60.1 Å². The maximum absolute atomic E-state index is 11.5. The van der Waals surface area contributed by atoms with Crippen LogP contribution >= 0.6 is 11.3 Å². The largest absolute Gasteiger partial charge is 0.481 e. The van der Waals surface area contributed by atoms with Crippen LogP contribution in [0.25, 0.3) is 21.1 Å². The van der Waals surface area contributed by atoms with Crippen LogP contribution in [-0.2, 0) is 24.2 Å². The Kier molecular flexibility index (Phi) is 7.94. The number of nitriles is 1. The number of hydrogen-bond donors (Lipinski definition) is 1. The van der Waals surface area contributed by atoms with Crippen molar-refractivity contribution in [2.75, 3.05) is 13.1 Å². The molecule has 6 nitrogen and oxygen atoms in total. The zero-order valence-electron chi connectivity index (χ0n) is 20.6. The van der Waals surface area contributed by atoms with Crippen LogP contribution in [0.5, 0.6) is 0 Å². The second kappa shape index (κ2) is 11.1. The Hall–Kier alpha value is -3.08. The predicted molar refractivity (Wildman–Crippen MR) is 139 cm³/mol. The summed E-state index contributed by atoms with van der Waals surface area (Å²) >= 11 is 1.54. The van der Waals surface area contributed by atoms with Gasteiger partial charge in [-0.05, 0) is 60.9 Å². The van der Waals surface area contributed by atoms with Gasteiger partial charge in [-0.15, -0.1) is 10.2 Å². The Balaban J connectivity index is 1.60. The van der Waals surface area contributed by atoms with E-state index in [0.717, 1.165) is 65.5 Å². The van der Waals surface area contributed by atoms with Gasteiger partial charge in [-0.25, -0.2) is 0 Å². The van der Waals surface area contributed by atoms with E-state index >= 15 is 0 Å². The number of benzene rings is 2. The number of aromatic nitrogens is 2. The standard InChI is InChI=1S/C28H32N4O2S/c1-4-24-21(16-32-12-6-8-22(17-32)28(33)34)7-5-9-25(24)27-31-30-26(35-27)20-11-10-19(13-18(2)3)23(14-20)15-29/h5,7,9-11,14,18,22H,4,6,8,12-13,16-17H2,1-3H3,(H,33,34)/t22-/m0/s1. The van der Waals surface area contributed by atoms with Gasteiger partial charge in [0, 0.05) is 24.2 Å². The van der Waals surface area contributed by atoms with Gasteiger partial charge in [-0.3, -0.25) is 9.69 Å². The highest BCUT2D eigenvalue weighted by atomic mass is 32.1. The van der Waals surface area contributed by atoms with E-state index < -0.39 is 5.97 Å². The number of nitrogens with zero attached hydrogens (tertiary/aromatic N) is 4. The van der Waals surface area contributed by atoms with E-state index in [9.17, 15) is 15.2 Å². The molecule has 0 amide bonds. The molecular weight excluding hydrogens is 456 g/mol. The Morgan fingerprint density at radius 2 is 2.03 bits per heavy atom. The minimum Gasteiger partial charge on any atom is -0.481 e. The van der Waals surface area contributed by atoms with E-state index in [0.29, 0.717) is 18.0 Å². The number of aliphatic carboxylic acids is 1. The predicted octanol–water partition coefficient (Wildman–Crippen LogP) is 5.80. The Labute approximate surface area is 211 Å². The SMILES string of the molecule is CCc1c(CN2CCC[C@H](C(=O)O)C2)cccc1-c1nnc(-c2ccc(CC(C)C)c(C#N)c2)s1. The lowest BCUT2D eigenvalue weighted by molar-refractivity contribution is -0.143. The quantitative estimate of drug-likeness (QED) is 0.431. The lowest BCUT2D eigenvalue weighted by Gasteiger charge is -2.31.